The molecule has 2 heterocycles. The van der Waals surface area contributed by atoms with Crippen molar-refractivity contribution in [3.8, 4) is 0 Å². The van der Waals surface area contributed by atoms with Gasteiger partial charge in [0.2, 0.25) is 0 Å². The Morgan fingerprint density at radius 3 is 2.50 bits per heavy atom. The molecule has 0 aromatic heterocycles. The van der Waals surface area contributed by atoms with Crippen LogP contribution in [0.5, 0.6) is 0 Å². The van der Waals surface area contributed by atoms with Crippen LogP contribution in [0.4, 0.5) is 4.39 Å². The van der Waals surface area contributed by atoms with E-state index in [9.17, 15) is 17.9 Å². The van der Waals surface area contributed by atoms with Crippen molar-refractivity contribution in [2.24, 2.45) is 11.3 Å². The molecule has 0 saturated carbocycles. The number of hydrogen-bond donors (Lipinski definition) is 1. The highest BCUT2D eigenvalue weighted by Crippen LogP contribution is 2.35. The summed E-state index contributed by atoms with van der Waals surface area (Å²) < 4.78 is 36.1. The second kappa shape index (κ2) is 7.10. The van der Waals surface area contributed by atoms with E-state index >= 15 is 0 Å². The Kier molecular flexibility index (Phi) is 5.27. The van der Waals surface area contributed by atoms with Gasteiger partial charge in [-0.3, -0.25) is 0 Å². The average molecular weight is 355 g/mol. The standard InChI is InChI=1S/C18H26FNO3S/c19-17-3-1-15(2-4-17)11-18(14-21)7-8-20(13-18)12-16-5-9-24(22,23)10-6-16/h1-4,16,21H,5-14H2. The third kappa shape index (κ3) is 4.35. The van der Waals surface area contributed by atoms with Crippen LogP contribution in [0.1, 0.15) is 24.8 Å². The third-order valence-electron chi connectivity index (χ3n) is 5.54. The van der Waals surface area contributed by atoms with Crippen molar-refractivity contribution in [1.82, 2.24) is 4.90 Å². The van der Waals surface area contributed by atoms with Gasteiger partial charge in [-0.2, -0.15) is 0 Å². The Hall–Kier alpha value is -0.980. The number of halogens is 1. The van der Waals surface area contributed by atoms with Crippen LogP contribution >= 0.6 is 0 Å². The predicted octanol–water partition coefficient (Wildman–Crippen LogP) is 1.88. The number of hydrogen-bond acceptors (Lipinski definition) is 4. The number of benzene rings is 1. The minimum absolute atomic E-state index is 0.125. The Balaban J connectivity index is 1.57. The number of aliphatic hydroxyl groups is 1. The Labute approximate surface area is 143 Å². The highest BCUT2D eigenvalue weighted by Gasteiger charge is 2.38. The smallest absolute Gasteiger partial charge is 0.150 e. The van der Waals surface area contributed by atoms with Gasteiger partial charge in [0, 0.05) is 18.5 Å². The van der Waals surface area contributed by atoms with Gasteiger partial charge in [0.05, 0.1) is 18.1 Å². The first-order valence-electron chi connectivity index (χ1n) is 8.68. The first-order chi connectivity index (χ1) is 11.4. The van der Waals surface area contributed by atoms with Crippen LogP contribution in [0.3, 0.4) is 0 Å². The lowest BCUT2D eigenvalue weighted by atomic mass is 9.81. The van der Waals surface area contributed by atoms with Gasteiger partial charge < -0.3 is 10.0 Å². The number of rotatable bonds is 5. The fourth-order valence-electron chi connectivity index (χ4n) is 4.03. The molecule has 1 aromatic rings. The van der Waals surface area contributed by atoms with Crippen molar-refractivity contribution in [3.63, 3.8) is 0 Å². The van der Waals surface area contributed by atoms with E-state index in [1.807, 2.05) is 0 Å². The van der Waals surface area contributed by atoms with E-state index in [0.717, 1.165) is 50.9 Å². The molecule has 2 aliphatic heterocycles. The van der Waals surface area contributed by atoms with Crippen molar-refractivity contribution < 1.29 is 17.9 Å². The molecule has 2 saturated heterocycles. The highest BCUT2D eigenvalue weighted by atomic mass is 32.2. The Morgan fingerprint density at radius 2 is 1.88 bits per heavy atom. The molecule has 1 aromatic carbocycles. The summed E-state index contributed by atoms with van der Waals surface area (Å²) in [6, 6.07) is 6.52. The Morgan fingerprint density at radius 1 is 1.21 bits per heavy atom. The monoisotopic (exact) mass is 355 g/mol. The van der Waals surface area contributed by atoms with E-state index in [-0.39, 0.29) is 17.8 Å². The number of nitrogens with zero attached hydrogens (tertiary/aromatic N) is 1. The summed E-state index contributed by atoms with van der Waals surface area (Å²) in [5.41, 5.74) is 0.884. The van der Waals surface area contributed by atoms with Gasteiger partial charge in [-0.15, -0.1) is 0 Å². The van der Waals surface area contributed by atoms with Gasteiger partial charge in [-0.1, -0.05) is 12.1 Å². The predicted molar refractivity (Wildman–Crippen MR) is 92.1 cm³/mol. The van der Waals surface area contributed by atoms with Crippen LogP contribution in [-0.4, -0.2) is 56.2 Å². The van der Waals surface area contributed by atoms with Crippen LogP contribution in [-0.2, 0) is 16.3 Å². The summed E-state index contributed by atoms with van der Waals surface area (Å²) in [5.74, 6) is 0.823. The first-order valence-corrected chi connectivity index (χ1v) is 10.5. The van der Waals surface area contributed by atoms with E-state index in [0.29, 0.717) is 17.4 Å². The highest BCUT2D eigenvalue weighted by molar-refractivity contribution is 7.91. The average Bonchev–Trinajstić information content (AvgIpc) is 2.95. The number of likely N-dealkylation sites (tertiary alicyclic amines) is 1. The minimum Gasteiger partial charge on any atom is -0.396 e. The molecular weight excluding hydrogens is 329 g/mol. The lowest BCUT2D eigenvalue weighted by Crippen LogP contribution is -2.36. The molecule has 4 nitrogen and oxygen atoms in total. The third-order valence-corrected chi connectivity index (χ3v) is 7.25. The zero-order chi connectivity index (χ0) is 17.2. The molecule has 0 aliphatic carbocycles. The summed E-state index contributed by atoms with van der Waals surface area (Å²) in [7, 11) is -2.81. The van der Waals surface area contributed by atoms with Crippen molar-refractivity contribution in [1.29, 1.82) is 0 Å². The molecule has 134 valence electrons. The molecule has 2 aliphatic rings. The van der Waals surface area contributed by atoms with Crippen molar-refractivity contribution in [2.45, 2.75) is 25.7 Å². The molecule has 3 rings (SSSR count). The van der Waals surface area contributed by atoms with Crippen molar-refractivity contribution >= 4 is 9.84 Å². The van der Waals surface area contributed by atoms with E-state index in [2.05, 4.69) is 4.90 Å². The van der Waals surface area contributed by atoms with Gasteiger partial charge >= 0.3 is 0 Å². The zero-order valence-electron chi connectivity index (χ0n) is 14.0. The fourth-order valence-corrected chi connectivity index (χ4v) is 5.62. The second-order valence-electron chi connectivity index (χ2n) is 7.54. The maximum Gasteiger partial charge on any atom is 0.150 e. The molecule has 24 heavy (non-hydrogen) atoms. The van der Waals surface area contributed by atoms with Gasteiger partial charge in [0.15, 0.2) is 0 Å². The molecule has 0 amide bonds. The lowest BCUT2D eigenvalue weighted by Gasteiger charge is -2.30. The second-order valence-corrected chi connectivity index (χ2v) is 9.85. The van der Waals surface area contributed by atoms with Crippen molar-refractivity contribution in [2.75, 3.05) is 37.7 Å². The SMILES string of the molecule is O=S1(=O)CCC(CN2CCC(CO)(Cc3ccc(F)cc3)C2)CC1. The summed E-state index contributed by atoms with van der Waals surface area (Å²) in [5, 5.41) is 9.94. The molecule has 2 fully saturated rings. The molecule has 6 heteroatoms. The van der Waals surface area contributed by atoms with E-state index in [1.54, 1.807) is 12.1 Å². The number of sulfone groups is 1. The molecule has 0 spiro atoms. The van der Waals surface area contributed by atoms with Gasteiger partial charge in [0.25, 0.3) is 0 Å². The zero-order valence-corrected chi connectivity index (χ0v) is 14.8. The molecule has 1 atom stereocenters. The quantitative estimate of drug-likeness (QED) is 0.876. The van der Waals surface area contributed by atoms with Crippen LogP contribution in [0, 0.1) is 17.2 Å². The van der Waals surface area contributed by atoms with E-state index in [4.69, 9.17) is 0 Å². The summed E-state index contributed by atoms with van der Waals surface area (Å²) in [4.78, 5) is 2.36. The summed E-state index contributed by atoms with van der Waals surface area (Å²) in [6.45, 7) is 2.80. The maximum absolute atomic E-state index is 13.1. The molecule has 1 N–H and O–H groups in total. The van der Waals surface area contributed by atoms with Gasteiger partial charge in [0.1, 0.15) is 15.7 Å². The van der Waals surface area contributed by atoms with Gasteiger partial charge in [-0.05, 0) is 55.8 Å². The van der Waals surface area contributed by atoms with Crippen LogP contribution < -0.4 is 0 Å². The molecular formula is C18H26FNO3S. The topological polar surface area (TPSA) is 57.6 Å². The van der Waals surface area contributed by atoms with E-state index < -0.39 is 9.84 Å². The largest absolute Gasteiger partial charge is 0.396 e. The summed E-state index contributed by atoms with van der Waals surface area (Å²) in [6.07, 6.45) is 3.18. The molecule has 0 bridgehead atoms. The first kappa shape index (κ1) is 17.8. The minimum atomic E-state index is -2.81. The normalized spacial score (nSPS) is 28.2. The van der Waals surface area contributed by atoms with Gasteiger partial charge in [-0.25, -0.2) is 12.8 Å². The fraction of sp³-hybridized carbons (Fsp3) is 0.667. The number of aliphatic hydroxyl groups excluding tert-OH is 1. The summed E-state index contributed by atoms with van der Waals surface area (Å²) >= 11 is 0. The van der Waals surface area contributed by atoms with Crippen LogP contribution in [0.2, 0.25) is 0 Å². The van der Waals surface area contributed by atoms with Crippen molar-refractivity contribution in [3.05, 3.63) is 35.6 Å². The Bertz CT molecular complexity index is 647. The molecule has 0 radical (unpaired) electrons. The van der Waals surface area contributed by atoms with Crippen LogP contribution in [0.25, 0.3) is 0 Å². The lowest BCUT2D eigenvalue weighted by molar-refractivity contribution is 0.124. The molecule has 1 unspecified atom stereocenters. The maximum atomic E-state index is 13.1. The van der Waals surface area contributed by atoms with E-state index in [1.165, 1.54) is 12.1 Å². The van der Waals surface area contributed by atoms with Crippen LogP contribution in [0.15, 0.2) is 24.3 Å².